The molecular weight excluding hydrogens is 212 g/mol. The lowest BCUT2D eigenvalue weighted by Crippen LogP contribution is -2.45. The summed E-state index contributed by atoms with van der Waals surface area (Å²) in [5, 5.41) is 0. The molecule has 1 heterocycles. The fraction of sp³-hybridized carbons (Fsp3) is 0.538. The van der Waals surface area contributed by atoms with Crippen molar-refractivity contribution in [2.45, 2.75) is 18.9 Å². The number of nitrogen functional groups attached to an aromatic ring is 2. The number of anilines is 3. The maximum atomic E-state index is 5.86. The van der Waals surface area contributed by atoms with Gasteiger partial charge >= 0.3 is 0 Å². The molecule has 0 amide bonds. The third-order valence-corrected chi connectivity index (χ3v) is 3.56. The van der Waals surface area contributed by atoms with Crippen LogP contribution in [-0.2, 0) is 0 Å². The number of rotatable bonds is 2. The van der Waals surface area contributed by atoms with Gasteiger partial charge in [0.25, 0.3) is 0 Å². The van der Waals surface area contributed by atoms with E-state index >= 15 is 0 Å². The Bertz CT molecular complexity index is 389. The Hall–Kier alpha value is -1.42. The Morgan fingerprint density at radius 3 is 2.65 bits per heavy atom. The second-order valence-corrected chi connectivity index (χ2v) is 5.02. The van der Waals surface area contributed by atoms with Gasteiger partial charge in [-0.05, 0) is 45.1 Å². The number of nitrogens with zero attached hydrogens (tertiary/aromatic N) is 2. The van der Waals surface area contributed by atoms with Gasteiger partial charge in [0.2, 0.25) is 0 Å². The first kappa shape index (κ1) is 12.0. The smallest absolute Gasteiger partial charge is 0.0568 e. The van der Waals surface area contributed by atoms with Gasteiger partial charge in [-0.3, -0.25) is 0 Å². The molecule has 94 valence electrons. The van der Waals surface area contributed by atoms with E-state index in [2.05, 4.69) is 30.0 Å². The van der Waals surface area contributed by atoms with Gasteiger partial charge in [0.15, 0.2) is 0 Å². The van der Waals surface area contributed by atoms with Gasteiger partial charge in [0, 0.05) is 24.8 Å². The van der Waals surface area contributed by atoms with Crippen LogP contribution in [0.5, 0.6) is 0 Å². The molecule has 0 spiro atoms. The molecule has 1 unspecified atom stereocenters. The van der Waals surface area contributed by atoms with Crippen LogP contribution in [0.3, 0.4) is 0 Å². The molecular formula is C13H22N4. The summed E-state index contributed by atoms with van der Waals surface area (Å²) in [5.74, 6) is 0. The topological polar surface area (TPSA) is 58.5 Å². The Balaban J connectivity index is 2.13. The van der Waals surface area contributed by atoms with Gasteiger partial charge in [-0.15, -0.1) is 0 Å². The highest BCUT2D eigenvalue weighted by Gasteiger charge is 2.21. The van der Waals surface area contributed by atoms with E-state index in [0.29, 0.717) is 17.4 Å². The van der Waals surface area contributed by atoms with Crippen molar-refractivity contribution < 1.29 is 0 Å². The minimum atomic E-state index is 0.627. The molecule has 4 heteroatoms. The summed E-state index contributed by atoms with van der Waals surface area (Å²) >= 11 is 0. The van der Waals surface area contributed by atoms with Crippen LogP contribution in [0.25, 0.3) is 0 Å². The predicted octanol–water partition coefficient (Wildman–Crippen LogP) is 1.38. The number of hydrogen-bond donors (Lipinski definition) is 2. The van der Waals surface area contributed by atoms with E-state index in [-0.39, 0.29) is 0 Å². The lowest BCUT2D eigenvalue weighted by molar-refractivity contribution is 0.258. The molecule has 1 aromatic rings. The Morgan fingerprint density at radius 1 is 1.24 bits per heavy atom. The zero-order valence-corrected chi connectivity index (χ0v) is 10.7. The summed E-state index contributed by atoms with van der Waals surface area (Å²) in [6.45, 7) is 2.17. The SMILES string of the molecule is CN(C)C1CCCN(c2ccc(N)c(N)c2)C1. The monoisotopic (exact) mass is 234 g/mol. The van der Waals surface area contributed by atoms with Crippen molar-refractivity contribution in [1.29, 1.82) is 0 Å². The lowest BCUT2D eigenvalue weighted by Gasteiger charge is -2.37. The minimum absolute atomic E-state index is 0.627. The maximum Gasteiger partial charge on any atom is 0.0568 e. The molecule has 1 aliphatic heterocycles. The van der Waals surface area contributed by atoms with Crippen molar-refractivity contribution in [3.8, 4) is 0 Å². The quantitative estimate of drug-likeness (QED) is 0.759. The molecule has 4 nitrogen and oxygen atoms in total. The Morgan fingerprint density at radius 2 is 2.00 bits per heavy atom. The second-order valence-electron chi connectivity index (χ2n) is 5.02. The largest absolute Gasteiger partial charge is 0.397 e. The number of benzene rings is 1. The van der Waals surface area contributed by atoms with Gasteiger partial charge in [0.05, 0.1) is 11.4 Å². The van der Waals surface area contributed by atoms with Crippen molar-refractivity contribution in [3.05, 3.63) is 18.2 Å². The molecule has 4 N–H and O–H groups in total. The molecule has 1 aromatic carbocycles. The number of nitrogens with two attached hydrogens (primary N) is 2. The van der Waals surface area contributed by atoms with Crippen molar-refractivity contribution in [1.82, 2.24) is 4.90 Å². The summed E-state index contributed by atoms with van der Waals surface area (Å²) in [6.07, 6.45) is 2.50. The predicted molar refractivity (Wildman–Crippen MR) is 74.2 cm³/mol. The van der Waals surface area contributed by atoms with Crippen LogP contribution in [0.1, 0.15) is 12.8 Å². The van der Waals surface area contributed by atoms with Gasteiger partial charge in [-0.25, -0.2) is 0 Å². The highest BCUT2D eigenvalue weighted by atomic mass is 15.2. The molecule has 0 aromatic heterocycles. The maximum absolute atomic E-state index is 5.86. The van der Waals surface area contributed by atoms with E-state index in [1.165, 1.54) is 18.5 Å². The van der Waals surface area contributed by atoms with Crippen LogP contribution in [0.2, 0.25) is 0 Å². The average molecular weight is 234 g/mol. The summed E-state index contributed by atoms with van der Waals surface area (Å²) in [4.78, 5) is 4.69. The zero-order chi connectivity index (χ0) is 12.4. The summed E-state index contributed by atoms with van der Waals surface area (Å²) in [7, 11) is 4.29. The molecule has 2 rings (SSSR count). The van der Waals surface area contributed by atoms with E-state index < -0.39 is 0 Å². The third-order valence-electron chi connectivity index (χ3n) is 3.56. The Kier molecular flexibility index (Phi) is 3.43. The molecule has 1 fully saturated rings. The van der Waals surface area contributed by atoms with Crippen LogP contribution in [0.4, 0.5) is 17.1 Å². The van der Waals surface area contributed by atoms with E-state index in [9.17, 15) is 0 Å². The normalized spacial score (nSPS) is 20.9. The number of likely N-dealkylation sites (N-methyl/N-ethyl adjacent to an activating group) is 1. The van der Waals surface area contributed by atoms with Crippen LogP contribution < -0.4 is 16.4 Å². The number of hydrogen-bond acceptors (Lipinski definition) is 4. The highest BCUT2D eigenvalue weighted by molar-refractivity contribution is 5.69. The molecule has 0 aliphatic carbocycles. The molecule has 1 saturated heterocycles. The lowest BCUT2D eigenvalue weighted by atomic mass is 10.0. The third kappa shape index (κ3) is 2.64. The summed E-state index contributed by atoms with van der Waals surface area (Å²) < 4.78 is 0. The molecule has 0 radical (unpaired) electrons. The van der Waals surface area contributed by atoms with E-state index in [1.807, 2.05) is 12.1 Å². The summed E-state index contributed by atoms with van der Waals surface area (Å²) in [5.41, 5.74) is 14.1. The second kappa shape index (κ2) is 4.84. The van der Waals surface area contributed by atoms with Crippen molar-refractivity contribution in [3.63, 3.8) is 0 Å². The van der Waals surface area contributed by atoms with E-state index in [1.54, 1.807) is 0 Å². The van der Waals surface area contributed by atoms with Gasteiger partial charge in [-0.1, -0.05) is 0 Å². The standard InChI is InChI=1S/C13H22N4/c1-16(2)11-4-3-7-17(9-11)10-5-6-12(14)13(15)8-10/h5-6,8,11H,3-4,7,9,14-15H2,1-2H3. The van der Waals surface area contributed by atoms with Crippen molar-refractivity contribution >= 4 is 17.1 Å². The van der Waals surface area contributed by atoms with Gasteiger partial charge < -0.3 is 21.3 Å². The highest BCUT2D eigenvalue weighted by Crippen LogP contribution is 2.26. The summed E-state index contributed by atoms with van der Waals surface area (Å²) in [6, 6.07) is 6.56. The Labute approximate surface area is 103 Å². The van der Waals surface area contributed by atoms with Gasteiger partial charge in [-0.2, -0.15) is 0 Å². The van der Waals surface area contributed by atoms with Crippen LogP contribution >= 0.6 is 0 Å². The first-order chi connectivity index (χ1) is 8.08. The molecule has 0 saturated carbocycles. The first-order valence-electron chi connectivity index (χ1n) is 6.14. The van der Waals surface area contributed by atoms with E-state index in [4.69, 9.17) is 11.5 Å². The van der Waals surface area contributed by atoms with Gasteiger partial charge in [0.1, 0.15) is 0 Å². The van der Waals surface area contributed by atoms with Crippen LogP contribution in [-0.4, -0.2) is 38.1 Å². The van der Waals surface area contributed by atoms with Crippen LogP contribution in [0.15, 0.2) is 18.2 Å². The average Bonchev–Trinajstić information content (AvgIpc) is 2.33. The number of piperidine rings is 1. The molecule has 0 bridgehead atoms. The molecule has 1 atom stereocenters. The fourth-order valence-corrected chi connectivity index (χ4v) is 2.37. The molecule has 1 aliphatic rings. The fourth-order valence-electron chi connectivity index (χ4n) is 2.37. The molecule has 17 heavy (non-hydrogen) atoms. The minimum Gasteiger partial charge on any atom is -0.397 e. The van der Waals surface area contributed by atoms with Crippen molar-refractivity contribution in [2.24, 2.45) is 0 Å². The van der Waals surface area contributed by atoms with Crippen molar-refractivity contribution in [2.75, 3.05) is 43.6 Å². The van der Waals surface area contributed by atoms with Crippen LogP contribution in [0, 0.1) is 0 Å². The zero-order valence-electron chi connectivity index (χ0n) is 10.7. The van der Waals surface area contributed by atoms with E-state index in [0.717, 1.165) is 13.1 Å². The first-order valence-corrected chi connectivity index (χ1v) is 6.14.